The topological polar surface area (TPSA) is 3.24 Å². The van der Waals surface area contributed by atoms with Gasteiger partial charge in [0.25, 0.3) is 0 Å². The molecule has 0 aromatic heterocycles. The fraction of sp³-hybridized carbons (Fsp3) is 0.500. The zero-order valence-corrected chi connectivity index (χ0v) is 12.6. The van der Waals surface area contributed by atoms with E-state index in [1.807, 2.05) is 18.2 Å². The van der Waals surface area contributed by atoms with E-state index >= 15 is 0 Å². The molecule has 1 aliphatic heterocycles. The van der Waals surface area contributed by atoms with Gasteiger partial charge in [-0.05, 0) is 25.1 Å². The van der Waals surface area contributed by atoms with Crippen molar-refractivity contribution in [3.63, 3.8) is 0 Å². The summed E-state index contributed by atoms with van der Waals surface area (Å²) in [7, 11) is 6.67. The van der Waals surface area contributed by atoms with Crippen LogP contribution in [0.2, 0.25) is 6.32 Å². The molecule has 0 amide bonds. The maximum absolute atomic E-state index is 3.97. The molecule has 1 heterocycles. The molecule has 0 saturated heterocycles. The smallest absolute Gasteiger partial charge is 0.107 e. The third-order valence-corrected chi connectivity index (χ3v) is 3.89. The van der Waals surface area contributed by atoms with Crippen LogP contribution in [0.1, 0.15) is 20.3 Å². The minimum absolute atomic E-state index is 0.444. The first-order valence-electron chi connectivity index (χ1n) is 7.18. The molecule has 1 rings (SSSR count). The molecule has 0 fully saturated rings. The number of rotatable bonds is 5. The van der Waals surface area contributed by atoms with Crippen LogP contribution in [0.15, 0.2) is 48.5 Å². The molecule has 1 aliphatic rings. The van der Waals surface area contributed by atoms with Crippen molar-refractivity contribution in [3.8, 4) is 0 Å². The summed E-state index contributed by atoms with van der Waals surface area (Å²) < 4.78 is 0. The van der Waals surface area contributed by atoms with Crippen LogP contribution in [-0.2, 0) is 0 Å². The van der Waals surface area contributed by atoms with Crippen LogP contribution < -0.4 is 0 Å². The van der Waals surface area contributed by atoms with Crippen LogP contribution in [0.25, 0.3) is 0 Å². The van der Waals surface area contributed by atoms with Crippen molar-refractivity contribution in [1.82, 2.24) is 4.90 Å². The summed E-state index contributed by atoms with van der Waals surface area (Å²) in [4.78, 5) is 2.46. The van der Waals surface area contributed by atoms with E-state index < -0.39 is 0 Å². The van der Waals surface area contributed by atoms with E-state index in [0.717, 1.165) is 12.9 Å². The number of likely N-dealkylation sites (N-methyl/N-ethyl adjacent to an activating group) is 1. The summed E-state index contributed by atoms with van der Waals surface area (Å²) in [5, 5.41) is 0. The fourth-order valence-electron chi connectivity index (χ4n) is 2.65. The molecule has 0 aromatic rings. The number of hydrogen-bond acceptors (Lipinski definition) is 1. The molecule has 0 spiro atoms. The highest BCUT2D eigenvalue weighted by atomic mass is 15.1. The molecule has 2 unspecified atom stereocenters. The van der Waals surface area contributed by atoms with Gasteiger partial charge in [-0.15, -0.1) is 0 Å². The van der Waals surface area contributed by atoms with Crippen molar-refractivity contribution >= 4 is 14.3 Å². The lowest BCUT2D eigenvalue weighted by molar-refractivity contribution is 0.221. The summed E-state index contributed by atoms with van der Waals surface area (Å²) in [6.07, 6.45) is 10.3. The van der Waals surface area contributed by atoms with Crippen molar-refractivity contribution < 1.29 is 0 Å². The number of hydrogen-bond donors (Lipinski definition) is 0. The lowest BCUT2D eigenvalue weighted by atomic mass is 9.34. The Bertz CT molecular complexity index is 371. The lowest BCUT2D eigenvalue weighted by Crippen LogP contribution is -2.41. The monoisotopic (exact) mass is 253 g/mol. The van der Waals surface area contributed by atoms with E-state index in [4.69, 9.17) is 0 Å². The van der Waals surface area contributed by atoms with Crippen molar-refractivity contribution in [2.75, 3.05) is 13.6 Å². The van der Waals surface area contributed by atoms with Crippen LogP contribution in [0, 0.1) is 5.92 Å². The van der Waals surface area contributed by atoms with Crippen LogP contribution in [0.5, 0.6) is 0 Å². The fourth-order valence-corrected chi connectivity index (χ4v) is 2.65. The molecule has 0 aromatic carbocycles. The predicted octanol–water partition coefficient (Wildman–Crippen LogP) is 3.27. The van der Waals surface area contributed by atoms with Crippen molar-refractivity contribution in [1.29, 1.82) is 0 Å². The zero-order chi connectivity index (χ0) is 14.3. The Kier molecular flexibility index (Phi) is 7.01. The van der Waals surface area contributed by atoms with Gasteiger partial charge in [0.15, 0.2) is 0 Å². The first-order chi connectivity index (χ1) is 9.15. The SMILES string of the molecule is C=C/C=C\C1=C(/C=C)[B][B]CCN(C)C1C(C)CC. The lowest BCUT2D eigenvalue weighted by Gasteiger charge is -2.36. The van der Waals surface area contributed by atoms with Gasteiger partial charge in [0.05, 0.1) is 7.17 Å². The molecule has 0 saturated carbocycles. The van der Waals surface area contributed by atoms with Gasteiger partial charge in [-0.1, -0.05) is 69.5 Å². The molecule has 2 radical (unpaired) electrons. The maximum atomic E-state index is 3.97. The maximum Gasteiger partial charge on any atom is 0.107 e. The summed E-state index contributed by atoms with van der Waals surface area (Å²) in [5.74, 6) is 0.621. The van der Waals surface area contributed by atoms with E-state index in [1.54, 1.807) is 0 Å². The first-order valence-corrected chi connectivity index (χ1v) is 7.18. The minimum atomic E-state index is 0.444. The van der Waals surface area contributed by atoms with E-state index in [9.17, 15) is 0 Å². The Hall–Kier alpha value is -0.950. The molecule has 1 nitrogen and oxygen atoms in total. The van der Waals surface area contributed by atoms with Crippen LogP contribution in [0.3, 0.4) is 0 Å². The van der Waals surface area contributed by atoms with Gasteiger partial charge in [-0.3, -0.25) is 4.90 Å². The molecule has 0 N–H and O–H groups in total. The Labute approximate surface area is 120 Å². The first kappa shape index (κ1) is 16.1. The quantitative estimate of drug-likeness (QED) is 0.536. The van der Waals surface area contributed by atoms with Gasteiger partial charge < -0.3 is 0 Å². The Balaban J connectivity index is 3.25. The normalized spacial score (nSPS) is 27.0. The van der Waals surface area contributed by atoms with E-state index in [-0.39, 0.29) is 0 Å². The van der Waals surface area contributed by atoms with Crippen molar-refractivity contribution in [2.24, 2.45) is 5.92 Å². The van der Waals surface area contributed by atoms with Crippen LogP contribution >= 0.6 is 0 Å². The van der Waals surface area contributed by atoms with Crippen molar-refractivity contribution in [2.45, 2.75) is 32.6 Å². The average molecular weight is 253 g/mol. The summed E-state index contributed by atoms with van der Waals surface area (Å²) in [6.45, 7) is 13.4. The second-order valence-corrected chi connectivity index (χ2v) is 5.21. The van der Waals surface area contributed by atoms with Crippen molar-refractivity contribution in [3.05, 3.63) is 48.5 Å². The molecular weight excluding hydrogens is 228 g/mol. The largest absolute Gasteiger partial charge is 0.300 e. The highest BCUT2D eigenvalue weighted by molar-refractivity contribution is 7.04. The number of allylic oxidation sites excluding steroid dienone is 4. The van der Waals surface area contributed by atoms with E-state index in [1.165, 1.54) is 17.5 Å². The second kappa shape index (κ2) is 8.27. The molecule has 0 bridgehead atoms. The zero-order valence-electron chi connectivity index (χ0n) is 12.6. The molecule has 3 heteroatoms. The van der Waals surface area contributed by atoms with Gasteiger partial charge in [0.1, 0.15) is 7.17 Å². The molecular formula is C16H25B2N. The van der Waals surface area contributed by atoms with Gasteiger partial charge in [-0.25, -0.2) is 0 Å². The summed E-state index contributed by atoms with van der Waals surface area (Å²) >= 11 is 0. The molecule has 19 heavy (non-hydrogen) atoms. The Morgan fingerprint density at radius 3 is 2.79 bits per heavy atom. The Morgan fingerprint density at radius 2 is 2.21 bits per heavy atom. The molecule has 100 valence electrons. The van der Waals surface area contributed by atoms with Gasteiger partial charge in [0, 0.05) is 6.04 Å². The highest BCUT2D eigenvalue weighted by Crippen LogP contribution is 2.26. The third-order valence-electron chi connectivity index (χ3n) is 3.89. The number of nitrogens with zero attached hydrogens (tertiary/aromatic N) is 1. The van der Waals surface area contributed by atoms with E-state index in [0.29, 0.717) is 12.0 Å². The summed E-state index contributed by atoms with van der Waals surface area (Å²) in [6, 6.07) is 0.444. The summed E-state index contributed by atoms with van der Waals surface area (Å²) in [5.41, 5.74) is 2.58. The third kappa shape index (κ3) is 4.28. The molecule has 2 atom stereocenters. The van der Waals surface area contributed by atoms with Gasteiger partial charge in [0.2, 0.25) is 0 Å². The highest BCUT2D eigenvalue weighted by Gasteiger charge is 2.26. The molecule has 0 aliphatic carbocycles. The predicted molar refractivity (Wildman–Crippen MR) is 88.7 cm³/mol. The Morgan fingerprint density at radius 1 is 1.47 bits per heavy atom. The van der Waals surface area contributed by atoms with Crippen LogP contribution in [0.4, 0.5) is 0 Å². The average Bonchev–Trinajstić information content (AvgIpc) is 2.41. The van der Waals surface area contributed by atoms with Gasteiger partial charge >= 0.3 is 0 Å². The minimum Gasteiger partial charge on any atom is -0.300 e. The standard InChI is InChI=1S/C16H25B2N/c1-6-9-10-14-15(8-3)18-17-11-12-19(5)16(14)13(4)7-2/h6,8-10,13,16H,1,3,7,11-12H2,2,4-5H3/b10-9-,15-14-. The van der Waals surface area contributed by atoms with Gasteiger partial charge in [-0.2, -0.15) is 0 Å². The van der Waals surface area contributed by atoms with Crippen LogP contribution in [-0.4, -0.2) is 38.9 Å². The second-order valence-electron chi connectivity index (χ2n) is 5.21. The van der Waals surface area contributed by atoms with E-state index in [2.05, 4.69) is 59.4 Å².